The first kappa shape index (κ1) is 19.5. The fourth-order valence-electron chi connectivity index (χ4n) is 3.25. The first-order valence-corrected chi connectivity index (χ1v) is 9.33. The topological polar surface area (TPSA) is 78.8 Å². The van der Waals surface area contributed by atoms with Crippen molar-refractivity contribution in [2.75, 3.05) is 0 Å². The maximum atomic E-state index is 13.0. The Morgan fingerprint density at radius 2 is 1.64 bits per heavy atom. The number of barbiturate groups is 1. The Hall–Kier alpha value is -3.28. The van der Waals surface area contributed by atoms with E-state index in [2.05, 4.69) is 10.3 Å². The number of hydrogen-bond acceptors (Lipinski definition) is 4. The van der Waals surface area contributed by atoms with Crippen LogP contribution in [0.4, 0.5) is 4.79 Å². The summed E-state index contributed by atoms with van der Waals surface area (Å²) in [4.78, 5) is 43.5. The molecule has 1 aliphatic heterocycles. The Labute approximate surface area is 164 Å². The first-order chi connectivity index (χ1) is 13.5. The predicted octanol–water partition coefficient (Wildman–Crippen LogP) is 3.49. The first-order valence-electron chi connectivity index (χ1n) is 9.33. The molecular formula is C22H23N3O3. The number of carbonyl (C=O) groups excluding carboxylic acids is 3. The van der Waals surface area contributed by atoms with Crippen molar-refractivity contribution in [2.45, 2.75) is 32.9 Å². The van der Waals surface area contributed by atoms with Crippen molar-refractivity contribution in [1.82, 2.24) is 10.2 Å². The van der Waals surface area contributed by atoms with E-state index in [0.717, 1.165) is 16.0 Å². The van der Waals surface area contributed by atoms with Gasteiger partial charge in [0, 0.05) is 5.71 Å². The van der Waals surface area contributed by atoms with E-state index in [-0.39, 0.29) is 12.6 Å². The molecule has 0 saturated carbocycles. The fraction of sp³-hybridized carbons (Fsp3) is 0.273. The van der Waals surface area contributed by atoms with Crippen molar-refractivity contribution >= 4 is 23.6 Å². The van der Waals surface area contributed by atoms with Crippen LogP contribution in [0.1, 0.15) is 37.4 Å². The molecule has 4 amide bonds. The van der Waals surface area contributed by atoms with Gasteiger partial charge in [0.05, 0.1) is 12.6 Å². The van der Waals surface area contributed by atoms with Crippen molar-refractivity contribution in [3.63, 3.8) is 0 Å². The summed E-state index contributed by atoms with van der Waals surface area (Å²) in [5.74, 6) is -2.23. The molecule has 0 bridgehead atoms. The second-order valence-electron chi connectivity index (χ2n) is 6.70. The summed E-state index contributed by atoms with van der Waals surface area (Å²) in [7, 11) is 0. The molecule has 1 unspecified atom stereocenters. The van der Waals surface area contributed by atoms with E-state index < -0.39 is 23.8 Å². The summed E-state index contributed by atoms with van der Waals surface area (Å²) >= 11 is 0. The van der Waals surface area contributed by atoms with E-state index >= 15 is 0 Å². The van der Waals surface area contributed by atoms with Gasteiger partial charge in [0.2, 0.25) is 11.8 Å². The zero-order valence-corrected chi connectivity index (χ0v) is 16.0. The monoisotopic (exact) mass is 377 g/mol. The minimum atomic E-state index is -1.09. The van der Waals surface area contributed by atoms with Crippen LogP contribution in [0.15, 0.2) is 65.7 Å². The van der Waals surface area contributed by atoms with Crippen LogP contribution in [-0.4, -0.2) is 28.5 Å². The van der Waals surface area contributed by atoms with Crippen LogP contribution in [0.25, 0.3) is 0 Å². The Bertz CT molecular complexity index is 894. The standard InChI is InChI=1S/C22H23N3O3/c1-3-18(23-15(2)17-12-8-5-9-13-17)19-20(26)24-22(28)25(21(19)27)14-16-10-6-4-7-11-16/h4-13,15,19H,3,14H2,1-2H3,(H,24,26,28)/t15-,19?/m0/s1. The summed E-state index contributed by atoms with van der Waals surface area (Å²) in [5.41, 5.74) is 2.28. The molecule has 2 atom stereocenters. The summed E-state index contributed by atoms with van der Waals surface area (Å²) in [6.07, 6.45) is 0.439. The van der Waals surface area contributed by atoms with Gasteiger partial charge in [-0.25, -0.2) is 4.79 Å². The van der Waals surface area contributed by atoms with Gasteiger partial charge in [-0.1, -0.05) is 67.6 Å². The highest BCUT2D eigenvalue weighted by atomic mass is 16.2. The number of benzene rings is 2. The lowest BCUT2D eigenvalue weighted by atomic mass is 9.95. The minimum absolute atomic E-state index is 0.112. The maximum Gasteiger partial charge on any atom is 0.331 e. The molecule has 1 heterocycles. The number of nitrogens with one attached hydrogen (secondary N) is 1. The normalized spacial score (nSPS) is 18.8. The van der Waals surface area contributed by atoms with Crippen molar-refractivity contribution in [1.29, 1.82) is 0 Å². The second-order valence-corrected chi connectivity index (χ2v) is 6.70. The molecular weight excluding hydrogens is 354 g/mol. The molecule has 0 spiro atoms. The van der Waals surface area contributed by atoms with Crippen LogP contribution in [0.3, 0.4) is 0 Å². The van der Waals surface area contributed by atoms with E-state index in [4.69, 9.17) is 0 Å². The summed E-state index contributed by atoms with van der Waals surface area (Å²) < 4.78 is 0. The van der Waals surface area contributed by atoms with Crippen molar-refractivity contribution in [3.8, 4) is 0 Å². The number of hydrogen-bond donors (Lipinski definition) is 1. The molecule has 1 aliphatic rings. The molecule has 6 heteroatoms. The average molecular weight is 377 g/mol. The number of imide groups is 2. The highest BCUT2D eigenvalue weighted by Crippen LogP contribution is 2.22. The smallest absolute Gasteiger partial charge is 0.285 e. The van der Waals surface area contributed by atoms with E-state index in [9.17, 15) is 14.4 Å². The average Bonchev–Trinajstić information content (AvgIpc) is 2.71. The summed E-state index contributed by atoms with van der Waals surface area (Å²) in [5, 5.41) is 2.30. The minimum Gasteiger partial charge on any atom is -0.285 e. The molecule has 0 aliphatic carbocycles. The van der Waals surface area contributed by atoms with E-state index in [1.807, 2.05) is 74.5 Å². The lowest BCUT2D eigenvalue weighted by molar-refractivity contribution is -0.139. The summed E-state index contributed by atoms with van der Waals surface area (Å²) in [6, 6.07) is 18.0. The van der Waals surface area contributed by atoms with E-state index in [1.54, 1.807) is 0 Å². The Morgan fingerprint density at radius 1 is 1.04 bits per heavy atom. The van der Waals surface area contributed by atoms with Crippen molar-refractivity contribution in [3.05, 3.63) is 71.8 Å². The quantitative estimate of drug-likeness (QED) is 0.618. The zero-order chi connectivity index (χ0) is 20.1. The van der Waals surface area contributed by atoms with Gasteiger partial charge in [-0.15, -0.1) is 0 Å². The van der Waals surface area contributed by atoms with Gasteiger partial charge in [0.15, 0.2) is 5.92 Å². The number of aliphatic imine (C=N–C) groups is 1. The van der Waals surface area contributed by atoms with Crippen LogP contribution >= 0.6 is 0 Å². The molecule has 2 aromatic carbocycles. The molecule has 0 aromatic heterocycles. The molecule has 1 N–H and O–H groups in total. The third kappa shape index (κ3) is 4.17. The van der Waals surface area contributed by atoms with Gasteiger partial charge >= 0.3 is 6.03 Å². The molecule has 0 radical (unpaired) electrons. The summed E-state index contributed by atoms with van der Waals surface area (Å²) in [6.45, 7) is 3.89. The van der Waals surface area contributed by atoms with Gasteiger partial charge in [0.1, 0.15) is 0 Å². The van der Waals surface area contributed by atoms with E-state index in [1.165, 1.54) is 0 Å². The van der Waals surface area contributed by atoms with Crippen molar-refractivity contribution < 1.29 is 14.4 Å². The molecule has 6 nitrogen and oxygen atoms in total. The van der Waals surface area contributed by atoms with Gasteiger partial charge in [-0.2, -0.15) is 0 Å². The highest BCUT2D eigenvalue weighted by Gasteiger charge is 2.42. The van der Waals surface area contributed by atoms with Crippen LogP contribution in [0.2, 0.25) is 0 Å². The largest absolute Gasteiger partial charge is 0.331 e. The SMILES string of the molecule is CCC(=N[C@@H](C)c1ccccc1)C1C(=O)NC(=O)N(Cc2ccccc2)C1=O. The fourth-order valence-corrected chi connectivity index (χ4v) is 3.25. The van der Waals surface area contributed by atoms with Gasteiger partial charge < -0.3 is 0 Å². The number of amides is 4. The molecule has 2 aromatic rings. The van der Waals surface area contributed by atoms with Crippen LogP contribution in [0.5, 0.6) is 0 Å². The molecule has 1 fully saturated rings. The third-order valence-corrected chi connectivity index (χ3v) is 4.77. The lowest BCUT2D eigenvalue weighted by Crippen LogP contribution is -2.59. The maximum absolute atomic E-state index is 13.0. The predicted molar refractivity (Wildman–Crippen MR) is 107 cm³/mol. The molecule has 144 valence electrons. The van der Waals surface area contributed by atoms with Crippen LogP contribution in [-0.2, 0) is 16.1 Å². The Kier molecular flexibility index (Phi) is 5.99. The molecule has 28 heavy (non-hydrogen) atoms. The number of rotatable bonds is 6. The van der Waals surface area contributed by atoms with Crippen LogP contribution < -0.4 is 5.32 Å². The molecule has 1 saturated heterocycles. The number of nitrogens with zero attached hydrogens (tertiary/aromatic N) is 2. The highest BCUT2D eigenvalue weighted by molar-refractivity contribution is 6.27. The molecule has 3 rings (SSSR count). The Balaban J connectivity index is 1.87. The van der Waals surface area contributed by atoms with E-state index in [0.29, 0.717) is 12.1 Å². The third-order valence-electron chi connectivity index (χ3n) is 4.77. The number of carbonyl (C=O) groups is 3. The van der Waals surface area contributed by atoms with Gasteiger partial charge in [-0.3, -0.25) is 24.8 Å². The van der Waals surface area contributed by atoms with Crippen molar-refractivity contribution in [2.24, 2.45) is 10.9 Å². The number of urea groups is 1. The lowest BCUT2D eigenvalue weighted by Gasteiger charge is -2.31. The second kappa shape index (κ2) is 8.61. The van der Waals surface area contributed by atoms with Crippen LogP contribution in [0, 0.1) is 5.92 Å². The van der Waals surface area contributed by atoms with Gasteiger partial charge in [-0.05, 0) is 24.5 Å². The Morgan fingerprint density at radius 3 is 2.25 bits per heavy atom. The van der Waals surface area contributed by atoms with Gasteiger partial charge in [0.25, 0.3) is 0 Å². The zero-order valence-electron chi connectivity index (χ0n) is 16.0.